The summed E-state index contributed by atoms with van der Waals surface area (Å²) in [5, 5.41) is 0.659. The van der Waals surface area contributed by atoms with Crippen molar-refractivity contribution in [1.29, 1.82) is 0 Å². The maximum Gasteiger partial charge on any atom is 0.246 e. The first-order valence-corrected chi connectivity index (χ1v) is 8.20. The summed E-state index contributed by atoms with van der Waals surface area (Å²) in [5.41, 5.74) is 2.12. The zero-order valence-corrected chi connectivity index (χ0v) is 13.9. The van der Waals surface area contributed by atoms with Crippen molar-refractivity contribution in [3.05, 3.63) is 59.1 Å². The van der Waals surface area contributed by atoms with E-state index < -0.39 is 0 Å². The van der Waals surface area contributed by atoms with Gasteiger partial charge in [-0.2, -0.15) is 0 Å². The Kier molecular flexibility index (Phi) is 4.82. The number of hydrogen-bond acceptors (Lipinski definition) is 2. The summed E-state index contributed by atoms with van der Waals surface area (Å²) in [6.07, 6.45) is 9.12. The van der Waals surface area contributed by atoms with Gasteiger partial charge in [-0.25, -0.2) is 4.98 Å². The Morgan fingerprint density at radius 2 is 2.04 bits per heavy atom. The molecule has 0 radical (unpaired) electrons. The molecule has 0 unspecified atom stereocenters. The summed E-state index contributed by atoms with van der Waals surface area (Å²) in [4.78, 5) is 18.4. The van der Waals surface area contributed by atoms with E-state index in [1.54, 1.807) is 12.2 Å². The second-order valence-corrected chi connectivity index (χ2v) is 6.29. The summed E-state index contributed by atoms with van der Waals surface area (Å²) in [6, 6.07) is 7.52. The fraction of sp³-hybridized carbons (Fsp3) is 0.333. The fourth-order valence-corrected chi connectivity index (χ4v) is 3.23. The number of carbonyl (C=O) groups is 1. The van der Waals surface area contributed by atoms with E-state index in [9.17, 15) is 4.79 Å². The molecular weight excluding hydrogens is 310 g/mol. The van der Waals surface area contributed by atoms with Crippen LogP contribution in [0, 0.1) is 0 Å². The normalized spacial score (nSPS) is 16.2. The number of imidazole rings is 1. The van der Waals surface area contributed by atoms with Gasteiger partial charge >= 0.3 is 0 Å². The van der Waals surface area contributed by atoms with Crippen LogP contribution in [-0.2, 0) is 11.8 Å². The molecule has 1 aliphatic rings. The highest BCUT2D eigenvalue weighted by atomic mass is 35.5. The SMILES string of the molecule is Cn1cncc1C1CCN(C(=O)/C=C/c2ccccc2Cl)CC1. The van der Waals surface area contributed by atoms with Crippen LogP contribution in [0.2, 0.25) is 5.02 Å². The number of likely N-dealkylation sites (tertiary alicyclic amines) is 1. The Morgan fingerprint density at radius 1 is 1.30 bits per heavy atom. The molecule has 0 saturated carbocycles. The minimum absolute atomic E-state index is 0.0494. The van der Waals surface area contributed by atoms with Gasteiger partial charge in [0.05, 0.1) is 6.33 Å². The van der Waals surface area contributed by atoms with Crippen LogP contribution in [-0.4, -0.2) is 33.4 Å². The van der Waals surface area contributed by atoms with E-state index in [1.165, 1.54) is 5.69 Å². The van der Waals surface area contributed by atoms with Gasteiger partial charge in [0.1, 0.15) is 0 Å². The van der Waals surface area contributed by atoms with E-state index in [0.717, 1.165) is 31.5 Å². The number of benzene rings is 1. The molecule has 4 nitrogen and oxygen atoms in total. The zero-order valence-electron chi connectivity index (χ0n) is 13.2. The Hall–Kier alpha value is -2.07. The summed E-state index contributed by atoms with van der Waals surface area (Å²) in [7, 11) is 2.02. The van der Waals surface area contributed by atoms with Crippen LogP contribution in [0.4, 0.5) is 0 Å². The number of carbonyl (C=O) groups excluding carboxylic acids is 1. The lowest BCUT2D eigenvalue weighted by Gasteiger charge is -2.31. The van der Waals surface area contributed by atoms with Crippen LogP contribution >= 0.6 is 11.6 Å². The van der Waals surface area contributed by atoms with Crippen molar-refractivity contribution < 1.29 is 4.79 Å². The van der Waals surface area contributed by atoms with Crippen molar-refractivity contribution in [3.63, 3.8) is 0 Å². The molecule has 0 aliphatic carbocycles. The molecule has 23 heavy (non-hydrogen) atoms. The number of aromatic nitrogens is 2. The number of aryl methyl sites for hydroxylation is 1. The molecule has 1 saturated heterocycles. The molecule has 0 bridgehead atoms. The van der Waals surface area contributed by atoms with Crippen molar-refractivity contribution in [2.45, 2.75) is 18.8 Å². The van der Waals surface area contributed by atoms with E-state index in [0.29, 0.717) is 10.9 Å². The molecule has 1 aromatic heterocycles. The zero-order chi connectivity index (χ0) is 16.2. The second-order valence-electron chi connectivity index (χ2n) is 5.88. The highest BCUT2D eigenvalue weighted by molar-refractivity contribution is 6.32. The van der Waals surface area contributed by atoms with Gasteiger partial charge in [-0.05, 0) is 30.5 Å². The number of hydrogen-bond donors (Lipinski definition) is 0. The minimum Gasteiger partial charge on any atom is -0.339 e. The minimum atomic E-state index is 0.0494. The number of halogens is 1. The van der Waals surface area contributed by atoms with Crippen LogP contribution in [0.15, 0.2) is 42.9 Å². The van der Waals surface area contributed by atoms with Gasteiger partial charge in [0.2, 0.25) is 5.91 Å². The molecule has 0 N–H and O–H groups in total. The standard InChI is InChI=1S/C18H20ClN3O/c1-21-13-20-12-17(21)15-8-10-22(11-9-15)18(23)7-6-14-4-2-3-5-16(14)19/h2-7,12-13,15H,8-11H2,1H3/b7-6+. The lowest BCUT2D eigenvalue weighted by atomic mass is 9.93. The molecule has 2 heterocycles. The molecule has 0 atom stereocenters. The highest BCUT2D eigenvalue weighted by Gasteiger charge is 2.24. The van der Waals surface area contributed by atoms with Gasteiger partial charge in [0.25, 0.3) is 0 Å². The highest BCUT2D eigenvalue weighted by Crippen LogP contribution is 2.27. The van der Waals surface area contributed by atoms with Crippen LogP contribution in [0.5, 0.6) is 0 Å². The van der Waals surface area contributed by atoms with E-state index >= 15 is 0 Å². The van der Waals surface area contributed by atoms with Gasteiger partial charge < -0.3 is 9.47 Å². The molecule has 3 rings (SSSR count). The maximum atomic E-state index is 12.3. The number of rotatable bonds is 3. The molecule has 5 heteroatoms. The van der Waals surface area contributed by atoms with Crippen molar-refractivity contribution in [2.24, 2.45) is 7.05 Å². The Labute approximate surface area is 141 Å². The number of piperidine rings is 1. The van der Waals surface area contributed by atoms with Gasteiger partial charge in [-0.3, -0.25) is 4.79 Å². The molecule has 1 aromatic carbocycles. The molecule has 0 spiro atoms. The van der Waals surface area contributed by atoms with Crippen LogP contribution in [0.3, 0.4) is 0 Å². The van der Waals surface area contributed by atoms with Gasteiger partial charge in [-0.15, -0.1) is 0 Å². The molecule has 120 valence electrons. The quantitative estimate of drug-likeness (QED) is 0.808. The van der Waals surface area contributed by atoms with Crippen molar-refractivity contribution in [1.82, 2.24) is 14.5 Å². The van der Waals surface area contributed by atoms with Gasteiger partial charge in [0.15, 0.2) is 0 Å². The predicted molar refractivity (Wildman–Crippen MR) is 92.2 cm³/mol. The lowest BCUT2D eigenvalue weighted by molar-refractivity contribution is -0.126. The van der Waals surface area contributed by atoms with Crippen LogP contribution < -0.4 is 0 Å². The summed E-state index contributed by atoms with van der Waals surface area (Å²) >= 11 is 6.10. The van der Waals surface area contributed by atoms with Crippen LogP contribution in [0.1, 0.15) is 30.0 Å². The first kappa shape index (κ1) is 15.8. The fourth-order valence-electron chi connectivity index (χ4n) is 3.03. The largest absolute Gasteiger partial charge is 0.339 e. The second kappa shape index (κ2) is 7.01. The third kappa shape index (κ3) is 3.64. The Bertz CT molecular complexity index is 715. The lowest BCUT2D eigenvalue weighted by Crippen LogP contribution is -2.37. The van der Waals surface area contributed by atoms with E-state index in [2.05, 4.69) is 9.55 Å². The number of nitrogens with zero attached hydrogens (tertiary/aromatic N) is 3. The monoisotopic (exact) mass is 329 g/mol. The molecule has 2 aromatic rings. The Balaban J connectivity index is 1.58. The Morgan fingerprint density at radius 3 is 2.70 bits per heavy atom. The topological polar surface area (TPSA) is 38.1 Å². The molecule has 1 fully saturated rings. The van der Waals surface area contributed by atoms with Crippen molar-refractivity contribution in [2.75, 3.05) is 13.1 Å². The predicted octanol–water partition coefficient (Wildman–Crippen LogP) is 3.49. The van der Waals surface area contributed by atoms with E-state index in [1.807, 2.05) is 48.7 Å². The first-order chi connectivity index (χ1) is 11.1. The average molecular weight is 330 g/mol. The third-order valence-electron chi connectivity index (χ3n) is 4.39. The maximum absolute atomic E-state index is 12.3. The van der Waals surface area contributed by atoms with Gasteiger partial charge in [-0.1, -0.05) is 29.8 Å². The summed E-state index contributed by atoms with van der Waals surface area (Å²) < 4.78 is 2.07. The number of amides is 1. The first-order valence-electron chi connectivity index (χ1n) is 7.83. The van der Waals surface area contributed by atoms with E-state index in [-0.39, 0.29) is 5.91 Å². The summed E-state index contributed by atoms with van der Waals surface area (Å²) in [5.74, 6) is 0.535. The smallest absolute Gasteiger partial charge is 0.246 e. The molecular formula is C18H20ClN3O. The van der Waals surface area contributed by atoms with E-state index in [4.69, 9.17) is 11.6 Å². The summed E-state index contributed by atoms with van der Waals surface area (Å²) in [6.45, 7) is 1.56. The average Bonchev–Trinajstić information content (AvgIpc) is 3.00. The molecule has 1 amide bonds. The van der Waals surface area contributed by atoms with Crippen LogP contribution in [0.25, 0.3) is 6.08 Å². The van der Waals surface area contributed by atoms with Crippen molar-refractivity contribution in [3.8, 4) is 0 Å². The third-order valence-corrected chi connectivity index (χ3v) is 4.73. The van der Waals surface area contributed by atoms with Gasteiger partial charge in [0, 0.05) is 49.0 Å². The molecule has 1 aliphatic heterocycles. The van der Waals surface area contributed by atoms with Crippen molar-refractivity contribution >= 4 is 23.6 Å².